The van der Waals surface area contributed by atoms with E-state index in [4.69, 9.17) is 9.47 Å². The van der Waals surface area contributed by atoms with E-state index in [1.54, 1.807) is 0 Å². The quantitative estimate of drug-likeness (QED) is 0.660. The fourth-order valence-electron chi connectivity index (χ4n) is 1.75. The Bertz CT molecular complexity index is 322. The van der Waals surface area contributed by atoms with Gasteiger partial charge in [-0.15, -0.1) is 0 Å². The lowest BCUT2D eigenvalue weighted by Crippen LogP contribution is -2.24. The molecule has 0 bridgehead atoms. The van der Waals surface area contributed by atoms with Gasteiger partial charge in [-0.2, -0.15) is 0 Å². The molecule has 19 heavy (non-hydrogen) atoms. The molecule has 0 fully saturated rings. The third kappa shape index (κ3) is 7.85. The van der Waals surface area contributed by atoms with Crippen LogP contribution in [0.4, 0.5) is 0 Å². The maximum absolute atomic E-state index is 5.60. The molecule has 0 amide bonds. The van der Waals surface area contributed by atoms with Crippen molar-refractivity contribution in [1.29, 1.82) is 0 Å². The van der Waals surface area contributed by atoms with Gasteiger partial charge in [0.25, 0.3) is 0 Å². The van der Waals surface area contributed by atoms with Crippen LogP contribution in [0.25, 0.3) is 0 Å². The molecule has 1 rings (SSSR count). The molecule has 0 atom stereocenters. The monoisotopic (exact) mass is 265 g/mol. The van der Waals surface area contributed by atoms with E-state index in [0.29, 0.717) is 12.5 Å². The number of rotatable bonds is 10. The molecule has 1 N–H and O–H groups in total. The van der Waals surface area contributed by atoms with Crippen molar-refractivity contribution in [3.05, 3.63) is 29.8 Å². The minimum atomic E-state index is 0.698. The van der Waals surface area contributed by atoms with Gasteiger partial charge in [0.1, 0.15) is 5.75 Å². The molecule has 0 saturated heterocycles. The van der Waals surface area contributed by atoms with Gasteiger partial charge in [-0.25, -0.2) is 0 Å². The highest BCUT2D eigenvalue weighted by atomic mass is 16.5. The van der Waals surface area contributed by atoms with Crippen molar-refractivity contribution in [3.63, 3.8) is 0 Å². The summed E-state index contributed by atoms with van der Waals surface area (Å²) in [5.41, 5.74) is 1.29. The Labute approximate surface area is 117 Å². The number of hydrogen-bond acceptors (Lipinski definition) is 3. The van der Waals surface area contributed by atoms with Gasteiger partial charge in [-0.3, -0.25) is 0 Å². The standard InChI is InChI=1S/C16H27NO2/c1-4-19-16-7-5-15(6-8-16)9-11-18-12-10-17-13-14(2)3/h5-8,14,17H,4,9-13H2,1-3H3. The van der Waals surface area contributed by atoms with Crippen LogP contribution in [-0.2, 0) is 11.2 Å². The molecular formula is C16H27NO2. The van der Waals surface area contributed by atoms with Crippen LogP contribution in [0.1, 0.15) is 26.3 Å². The molecule has 3 nitrogen and oxygen atoms in total. The summed E-state index contributed by atoms with van der Waals surface area (Å²) in [5, 5.41) is 3.36. The predicted molar refractivity (Wildman–Crippen MR) is 79.8 cm³/mol. The fourth-order valence-corrected chi connectivity index (χ4v) is 1.75. The second-order valence-corrected chi connectivity index (χ2v) is 5.04. The average molecular weight is 265 g/mol. The Balaban J connectivity index is 2.05. The lowest BCUT2D eigenvalue weighted by Gasteiger charge is -2.08. The molecule has 1 aromatic rings. The van der Waals surface area contributed by atoms with Gasteiger partial charge in [0.2, 0.25) is 0 Å². The zero-order chi connectivity index (χ0) is 13.9. The lowest BCUT2D eigenvalue weighted by molar-refractivity contribution is 0.138. The minimum absolute atomic E-state index is 0.698. The number of ether oxygens (including phenoxy) is 2. The van der Waals surface area contributed by atoms with Crippen LogP contribution in [0.2, 0.25) is 0 Å². The molecule has 0 heterocycles. The Morgan fingerprint density at radius 1 is 1.11 bits per heavy atom. The Morgan fingerprint density at radius 2 is 1.84 bits per heavy atom. The predicted octanol–water partition coefficient (Wildman–Crippen LogP) is 2.89. The molecule has 0 aliphatic rings. The summed E-state index contributed by atoms with van der Waals surface area (Å²) >= 11 is 0. The fraction of sp³-hybridized carbons (Fsp3) is 0.625. The van der Waals surface area contributed by atoms with Crippen molar-refractivity contribution < 1.29 is 9.47 Å². The van der Waals surface area contributed by atoms with Gasteiger partial charge in [-0.05, 0) is 43.5 Å². The first-order valence-corrected chi connectivity index (χ1v) is 7.22. The number of nitrogens with one attached hydrogen (secondary N) is 1. The first-order valence-electron chi connectivity index (χ1n) is 7.22. The number of benzene rings is 1. The van der Waals surface area contributed by atoms with Gasteiger partial charge in [-0.1, -0.05) is 26.0 Å². The van der Waals surface area contributed by atoms with Gasteiger partial charge in [0.05, 0.1) is 19.8 Å². The molecule has 0 saturated carbocycles. The topological polar surface area (TPSA) is 30.5 Å². The molecule has 0 aliphatic carbocycles. The molecular weight excluding hydrogens is 238 g/mol. The van der Waals surface area contributed by atoms with Crippen molar-refractivity contribution in [2.45, 2.75) is 27.2 Å². The van der Waals surface area contributed by atoms with Crippen LogP contribution < -0.4 is 10.1 Å². The van der Waals surface area contributed by atoms with E-state index in [9.17, 15) is 0 Å². The van der Waals surface area contributed by atoms with Gasteiger partial charge in [0, 0.05) is 6.54 Å². The minimum Gasteiger partial charge on any atom is -0.494 e. The van der Waals surface area contributed by atoms with E-state index in [2.05, 4.69) is 31.3 Å². The molecule has 0 aliphatic heterocycles. The SMILES string of the molecule is CCOc1ccc(CCOCCNCC(C)C)cc1. The van der Waals surface area contributed by atoms with Crippen LogP contribution in [0.5, 0.6) is 5.75 Å². The summed E-state index contributed by atoms with van der Waals surface area (Å²) in [6.07, 6.45) is 0.955. The van der Waals surface area contributed by atoms with Crippen LogP contribution in [-0.4, -0.2) is 32.9 Å². The Morgan fingerprint density at radius 3 is 2.47 bits per heavy atom. The average Bonchev–Trinajstić information content (AvgIpc) is 2.39. The van der Waals surface area contributed by atoms with Gasteiger partial charge >= 0.3 is 0 Å². The second kappa shape index (κ2) is 9.82. The molecule has 1 aromatic carbocycles. The smallest absolute Gasteiger partial charge is 0.119 e. The van der Waals surface area contributed by atoms with Crippen molar-refractivity contribution in [2.75, 3.05) is 32.9 Å². The third-order valence-electron chi connectivity index (χ3n) is 2.75. The molecule has 0 aromatic heterocycles. The van der Waals surface area contributed by atoms with Crippen LogP contribution in [0, 0.1) is 5.92 Å². The van der Waals surface area contributed by atoms with Crippen LogP contribution >= 0.6 is 0 Å². The van der Waals surface area contributed by atoms with Crippen molar-refractivity contribution in [2.24, 2.45) is 5.92 Å². The van der Waals surface area contributed by atoms with E-state index in [1.165, 1.54) is 5.56 Å². The largest absolute Gasteiger partial charge is 0.494 e. The second-order valence-electron chi connectivity index (χ2n) is 5.04. The normalized spacial score (nSPS) is 10.9. The highest BCUT2D eigenvalue weighted by molar-refractivity contribution is 5.27. The summed E-state index contributed by atoms with van der Waals surface area (Å²) in [6.45, 7) is 10.7. The molecule has 0 radical (unpaired) electrons. The highest BCUT2D eigenvalue weighted by Gasteiger charge is 1.96. The van der Waals surface area contributed by atoms with E-state index in [1.807, 2.05) is 19.1 Å². The van der Waals surface area contributed by atoms with Crippen LogP contribution in [0.3, 0.4) is 0 Å². The first kappa shape index (κ1) is 16.0. The zero-order valence-corrected chi connectivity index (χ0v) is 12.4. The molecule has 3 heteroatoms. The maximum Gasteiger partial charge on any atom is 0.119 e. The number of hydrogen-bond donors (Lipinski definition) is 1. The van der Waals surface area contributed by atoms with Crippen molar-refractivity contribution >= 4 is 0 Å². The van der Waals surface area contributed by atoms with E-state index in [-0.39, 0.29) is 0 Å². The van der Waals surface area contributed by atoms with E-state index in [0.717, 1.165) is 38.5 Å². The Hall–Kier alpha value is -1.06. The highest BCUT2D eigenvalue weighted by Crippen LogP contribution is 2.12. The molecule has 108 valence electrons. The first-order chi connectivity index (χ1) is 9.22. The summed E-state index contributed by atoms with van der Waals surface area (Å²) < 4.78 is 11.0. The summed E-state index contributed by atoms with van der Waals surface area (Å²) in [5.74, 6) is 1.63. The summed E-state index contributed by atoms with van der Waals surface area (Å²) in [6, 6.07) is 8.24. The Kier molecular flexibility index (Phi) is 8.26. The molecule has 0 spiro atoms. The zero-order valence-electron chi connectivity index (χ0n) is 12.4. The van der Waals surface area contributed by atoms with E-state index < -0.39 is 0 Å². The molecule has 0 unspecified atom stereocenters. The summed E-state index contributed by atoms with van der Waals surface area (Å²) in [7, 11) is 0. The third-order valence-corrected chi connectivity index (χ3v) is 2.75. The van der Waals surface area contributed by atoms with Gasteiger partial charge in [0.15, 0.2) is 0 Å². The van der Waals surface area contributed by atoms with E-state index >= 15 is 0 Å². The van der Waals surface area contributed by atoms with Gasteiger partial charge < -0.3 is 14.8 Å². The maximum atomic E-state index is 5.60. The van der Waals surface area contributed by atoms with Crippen LogP contribution in [0.15, 0.2) is 24.3 Å². The van der Waals surface area contributed by atoms with Crippen molar-refractivity contribution in [1.82, 2.24) is 5.32 Å². The summed E-state index contributed by atoms with van der Waals surface area (Å²) in [4.78, 5) is 0. The van der Waals surface area contributed by atoms with Crippen molar-refractivity contribution in [3.8, 4) is 5.75 Å². The lowest BCUT2D eigenvalue weighted by atomic mass is 10.1.